The molecule has 0 amide bonds. The molecule has 4 nitrogen and oxygen atoms in total. The zero-order valence-corrected chi connectivity index (χ0v) is 11.8. The lowest BCUT2D eigenvalue weighted by molar-refractivity contribution is 0.111. The lowest BCUT2D eigenvalue weighted by Crippen LogP contribution is -2.06. The number of hydrogen-bond donors (Lipinski definition) is 1. The highest BCUT2D eigenvalue weighted by molar-refractivity contribution is 5.35. The number of nitrogens with zero attached hydrogens (tertiary/aromatic N) is 2. The molecule has 0 fully saturated rings. The van der Waals surface area contributed by atoms with Gasteiger partial charge in [0, 0.05) is 24.9 Å². The van der Waals surface area contributed by atoms with Gasteiger partial charge in [0.25, 0.3) is 0 Å². The summed E-state index contributed by atoms with van der Waals surface area (Å²) in [4.78, 5) is 8.78. The third-order valence-electron chi connectivity index (χ3n) is 2.63. The molecule has 0 aliphatic carbocycles. The van der Waals surface area contributed by atoms with Crippen LogP contribution in [-0.2, 0) is 11.3 Å². The Morgan fingerprint density at radius 2 is 2.00 bits per heavy atom. The standard InChI is InChI=1S/C14H25N3O/c1-4-6-7-8-9-18-11-14-16-12(3)10-13(17-14)15-5-2/h10H,4-9,11H2,1-3H3,(H,15,16,17). The average molecular weight is 251 g/mol. The molecule has 1 rings (SSSR count). The molecule has 4 heteroatoms. The van der Waals surface area contributed by atoms with E-state index >= 15 is 0 Å². The van der Waals surface area contributed by atoms with Crippen LogP contribution in [-0.4, -0.2) is 23.1 Å². The predicted octanol–water partition coefficient (Wildman–Crippen LogP) is 3.31. The van der Waals surface area contributed by atoms with Crippen LogP contribution in [0.1, 0.15) is 51.0 Å². The zero-order valence-electron chi connectivity index (χ0n) is 11.8. The largest absolute Gasteiger partial charge is 0.373 e. The van der Waals surface area contributed by atoms with Gasteiger partial charge in [0.2, 0.25) is 0 Å². The highest BCUT2D eigenvalue weighted by atomic mass is 16.5. The summed E-state index contributed by atoms with van der Waals surface area (Å²) in [6.07, 6.45) is 4.91. The van der Waals surface area contributed by atoms with Gasteiger partial charge in [-0.25, -0.2) is 9.97 Å². The van der Waals surface area contributed by atoms with Crippen molar-refractivity contribution in [1.29, 1.82) is 0 Å². The fraction of sp³-hybridized carbons (Fsp3) is 0.714. The molecule has 0 unspecified atom stereocenters. The van der Waals surface area contributed by atoms with Gasteiger partial charge in [-0.2, -0.15) is 0 Å². The van der Waals surface area contributed by atoms with Crippen molar-refractivity contribution < 1.29 is 4.74 Å². The monoisotopic (exact) mass is 251 g/mol. The van der Waals surface area contributed by atoms with Crippen LogP contribution in [0, 0.1) is 6.92 Å². The van der Waals surface area contributed by atoms with Gasteiger partial charge in [-0.1, -0.05) is 26.2 Å². The maximum Gasteiger partial charge on any atom is 0.156 e. The number of nitrogens with one attached hydrogen (secondary N) is 1. The molecule has 0 radical (unpaired) electrons. The minimum Gasteiger partial charge on any atom is -0.373 e. The highest BCUT2D eigenvalue weighted by Gasteiger charge is 2.01. The van der Waals surface area contributed by atoms with Crippen LogP contribution in [0.2, 0.25) is 0 Å². The molecule has 0 spiro atoms. The van der Waals surface area contributed by atoms with E-state index in [0.717, 1.165) is 36.9 Å². The second-order valence-corrected chi connectivity index (χ2v) is 4.45. The first kappa shape index (κ1) is 14.9. The van der Waals surface area contributed by atoms with Crippen molar-refractivity contribution in [1.82, 2.24) is 9.97 Å². The van der Waals surface area contributed by atoms with E-state index in [9.17, 15) is 0 Å². The Bertz CT molecular complexity index is 342. The normalized spacial score (nSPS) is 10.6. The van der Waals surface area contributed by atoms with E-state index in [2.05, 4.69) is 29.1 Å². The van der Waals surface area contributed by atoms with Crippen molar-refractivity contribution in [3.05, 3.63) is 17.6 Å². The summed E-state index contributed by atoms with van der Waals surface area (Å²) in [5.74, 6) is 1.65. The van der Waals surface area contributed by atoms with Gasteiger partial charge in [-0.3, -0.25) is 0 Å². The minimum absolute atomic E-state index is 0.506. The summed E-state index contributed by atoms with van der Waals surface area (Å²) in [5.41, 5.74) is 0.977. The number of hydrogen-bond acceptors (Lipinski definition) is 4. The molecular formula is C14H25N3O. The van der Waals surface area contributed by atoms with E-state index in [1.807, 2.05) is 13.0 Å². The second kappa shape index (κ2) is 8.86. The van der Waals surface area contributed by atoms with Crippen molar-refractivity contribution in [2.24, 2.45) is 0 Å². The lowest BCUT2D eigenvalue weighted by Gasteiger charge is -2.07. The smallest absolute Gasteiger partial charge is 0.156 e. The van der Waals surface area contributed by atoms with Crippen LogP contribution < -0.4 is 5.32 Å². The number of anilines is 1. The van der Waals surface area contributed by atoms with Gasteiger partial charge < -0.3 is 10.1 Å². The van der Waals surface area contributed by atoms with Crippen molar-refractivity contribution in [2.45, 2.75) is 53.1 Å². The predicted molar refractivity (Wildman–Crippen MR) is 74.7 cm³/mol. The molecule has 0 aromatic carbocycles. The third-order valence-corrected chi connectivity index (χ3v) is 2.63. The van der Waals surface area contributed by atoms with E-state index in [0.29, 0.717) is 6.61 Å². The van der Waals surface area contributed by atoms with Gasteiger partial charge in [0.05, 0.1) is 0 Å². The zero-order chi connectivity index (χ0) is 13.2. The van der Waals surface area contributed by atoms with Crippen LogP contribution in [0.25, 0.3) is 0 Å². The van der Waals surface area contributed by atoms with Gasteiger partial charge in [-0.05, 0) is 20.3 Å². The van der Waals surface area contributed by atoms with E-state index < -0.39 is 0 Å². The fourth-order valence-electron chi connectivity index (χ4n) is 1.76. The third kappa shape index (κ3) is 5.96. The van der Waals surface area contributed by atoms with E-state index in [-0.39, 0.29) is 0 Å². The highest BCUT2D eigenvalue weighted by Crippen LogP contribution is 2.07. The Morgan fingerprint density at radius 3 is 2.72 bits per heavy atom. The molecule has 1 N–H and O–H groups in total. The quantitative estimate of drug-likeness (QED) is 0.684. The van der Waals surface area contributed by atoms with E-state index in [1.165, 1.54) is 19.3 Å². The Hall–Kier alpha value is -1.16. The first-order valence-electron chi connectivity index (χ1n) is 6.92. The first-order valence-corrected chi connectivity index (χ1v) is 6.92. The molecule has 0 atom stereocenters. The number of aromatic nitrogens is 2. The Kier molecular flexibility index (Phi) is 7.34. The van der Waals surface area contributed by atoms with Crippen molar-refractivity contribution in [3.8, 4) is 0 Å². The Morgan fingerprint density at radius 1 is 1.17 bits per heavy atom. The molecule has 0 aliphatic heterocycles. The molecule has 0 aliphatic rings. The summed E-state index contributed by atoms with van der Waals surface area (Å²) in [7, 11) is 0. The first-order chi connectivity index (χ1) is 8.76. The topological polar surface area (TPSA) is 47.0 Å². The molecule has 0 saturated heterocycles. The van der Waals surface area contributed by atoms with Gasteiger partial charge in [0.1, 0.15) is 12.4 Å². The Labute approximate surface area is 110 Å². The number of unbranched alkanes of at least 4 members (excludes halogenated alkanes) is 3. The van der Waals surface area contributed by atoms with E-state index in [4.69, 9.17) is 4.74 Å². The van der Waals surface area contributed by atoms with Crippen molar-refractivity contribution in [3.63, 3.8) is 0 Å². The molecule has 102 valence electrons. The summed E-state index contributed by atoms with van der Waals surface area (Å²) in [5, 5.41) is 3.20. The number of ether oxygens (including phenoxy) is 1. The number of rotatable bonds is 9. The molecule has 0 saturated carbocycles. The summed E-state index contributed by atoms with van der Waals surface area (Å²) >= 11 is 0. The van der Waals surface area contributed by atoms with Crippen molar-refractivity contribution in [2.75, 3.05) is 18.5 Å². The molecule has 1 heterocycles. The van der Waals surface area contributed by atoms with Crippen LogP contribution in [0.4, 0.5) is 5.82 Å². The molecule has 0 bridgehead atoms. The van der Waals surface area contributed by atoms with Crippen LogP contribution in [0.5, 0.6) is 0 Å². The fourth-order valence-corrected chi connectivity index (χ4v) is 1.76. The van der Waals surface area contributed by atoms with Gasteiger partial charge >= 0.3 is 0 Å². The van der Waals surface area contributed by atoms with Gasteiger partial charge in [0.15, 0.2) is 5.82 Å². The average Bonchev–Trinajstić information content (AvgIpc) is 2.33. The van der Waals surface area contributed by atoms with Crippen molar-refractivity contribution >= 4 is 5.82 Å². The Balaban J connectivity index is 2.32. The minimum atomic E-state index is 0.506. The maximum atomic E-state index is 5.60. The van der Waals surface area contributed by atoms with Gasteiger partial charge in [-0.15, -0.1) is 0 Å². The summed E-state index contributed by atoms with van der Waals surface area (Å²) < 4.78 is 5.60. The lowest BCUT2D eigenvalue weighted by atomic mass is 10.2. The molecule has 1 aromatic heterocycles. The SMILES string of the molecule is CCCCCCOCc1nc(C)cc(NCC)n1. The second-order valence-electron chi connectivity index (χ2n) is 4.45. The molecular weight excluding hydrogens is 226 g/mol. The van der Waals surface area contributed by atoms with Crippen LogP contribution in [0.15, 0.2) is 6.07 Å². The van der Waals surface area contributed by atoms with E-state index in [1.54, 1.807) is 0 Å². The molecule has 18 heavy (non-hydrogen) atoms. The van der Waals surface area contributed by atoms with Crippen LogP contribution in [0.3, 0.4) is 0 Å². The summed E-state index contributed by atoms with van der Waals surface area (Å²) in [6, 6.07) is 1.95. The maximum absolute atomic E-state index is 5.60. The van der Waals surface area contributed by atoms with Crippen LogP contribution >= 0.6 is 0 Å². The summed E-state index contributed by atoms with van der Waals surface area (Å²) in [6.45, 7) is 8.42. The number of aryl methyl sites for hydroxylation is 1. The molecule has 1 aromatic rings.